The van der Waals surface area contributed by atoms with E-state index in [1.54, 1.807) is 4.90 Å². The minimum Gasteiger partial charge on any atom is -0.355 e. The molecule has 1 saturated heterocycles. The van der Waals surface area contributed by atoms with Gasteiger partial charge in [0.1, 0.15) is 0 Å². The number of halogens is 1. The van der Waals surface area contributed by atoms with Crippen LogP contribution in [0.3, 0.4) is 0 Å². The number of hydrogen-bond donors (Lipinski definition) is 3. The Morgan fingerprint density at radius 2 is 1.92 bits per heavy atom. The van der Waals surface area contributed by atoms with E-state index in [4.69, 9.17) is 0 Å². The summed E-state index contributed by atoms with van der Waals surface area (Å²) in [5.74, 6) is -0.0723. The zero-order valence-electron chi connectivity index (χ0n) is 14.8. The van der Waals surface area contributed by atoms with Gasteiger partial charge in [-0.2, -0.15) is 0 Å². The van der Waals surface area contributed by atoms with E-state index in [1.807, 2.05) is 30.3 Å². The number of anilines is 1. The van der Waals surface area contributed by atoms with Crippen LogP contribution in [0.2, 0.25) is 0 Å². The molecule has 6 nitrogen and oxygen atoms in total. The van der Waals surface area contributed by atoms with E-state index >= 15 is 0 Å². The van der Waals surface area contributed by atoms with Gasteiger partial charge in [-0.3, -0.25) is 4.79 Å². The molecule has 7 heteroatoms. The van der Waals surface area contributed by atoms with Crippen LogP contribution in [0.4, 0.5) is 10.5 Å². The highest BCUT2D eigenvalue weighted by Crippen LogP contribution is 2.18. The molecule has 1 heterocycles. The lowest BCUT2D eigenvalue weighted by Gasteiger charge is -2.32. The third-order valence-electron chi connectivity index (χ3n) is 4.13. The average molecular weight is 369 g/mol. The molecule has 1 atom stereocenters. The molecule has 1 aromatic rings. The van der Waals surface area contributed by atoms with Crippen LogP contribution in [0.25, 0.3) is 0 Å². The lowest BCUT2D eigenvalue weighted by Crippen LogP contribution is -2.47. The molecule has 0 bridgehead atoms. The first-order chi connectivity index (χ1) is 11.7. The van der Waals surface area contributed by atoms with Gasteiger partial charge in [-0.25, -0.2) is 4.79 Å². The molecule has 2 rings (SSSR count). The second-order valence-electron chi connectivity index (χ2n) is 6.12. The van der Waals surface area contributed by atoms with Gasteiger partial charge in [-0.15, -0.1) is 12.4 Å². The van der Waals surface area contributed by atoms with E-state index in [-0.39, 0.29) is 30.3 Å². The largest absolute Gasteiger partial charge is 0.355 e. The van der Waals surface area contributed by atoms with Crippen molar-refractivity contribution in [2.45, 2.75) is 26.2 Å². The highest BCUT2D eigenvalue weighted by atomic mass is 35.5. The predicted octanol–water partition coefficient (Wildman–Crippen LogP) is 2.47. The van der Waals surface area contributed by atoms with E-state index in [9.17, 15) is 9.59 Å². The van der Waals surface area contributed by atoms with Gasteiger partial charge in [0.15, 0.2) is 0 Å². The van der Waals surface area contributed by atoms with Gasteiger partial charge in [0.25, 0.3) is 0 Å². The highest BCUT2D eigenvalue weighted by molar-refractivity contribution is 5.90. The number of para-hydroxylation sites is 1. The smallest absolute Gasteiger partial charge is 0.321 e. The number of benzene rings is 1. The summed E-state index contributed by atoms with van der Waals surface area (Å²) in [7, 11) is 0. The minimum absolute atomic E-state index is 0. The summed E-state index contributed by atoms with van der Waals surface area (Å²) < 4.78 is 0. The van der Waals surface area contributed by atoms with Gasteiger partial charge in [0.05, 0.1) is 5.92 Å². The Labute approximate surface area is 156 Å². The van der Waals surface area contributed by atoms with E-state index in [1.165, 1.54) is 0 Å². The summed E-state index contributed by atoms with van der Waals surface area (Å²) in [6.07, 6.45) is 2.78. The van der Waals surface area contributed by atoms with Crippen LogP contribution >= 0.6 is 12.4 Å². The summed E-state index contributed by atoms with van der Waals surface area (Å²) in [5, 5.41) is 9.10. The molecule has 3 N–H and O–H groups in total. The quantitative estimate of drug-likeness (QED) is 0.647. The Balaban J connectivity index is 0.00000312. The van der Waals surface area contributed by atoms with Crippen LogP contribution in [0.1, 0.15) is 26.2 Å². The number of hydrogen-bond acceptors (Lipinski definition) is 3. The van der Waals surface area contributed by atoms with Crippen molar-refractivity contribution in [2.24, 2.45) is 5.92 Å². The summed E-state index contributed by atoms with van der Waals surface area (Å²) in [6, 6.07) is 9.25. The molecule has 0 aliphatic carbocycles. The number of piperidine rings is 1. The Hall–Kier alpha value is -1.79. The molecule has 140 valence electrons. The van der Waals surface area contributed by atoms with E-state index in [2.05, 4.69) is 22.9 Å². The monoisotopic (exact) mass is 368 g/mol. The molecule has 0 radical (unpaired) electrons. The van der Waals surface area contributed by atoms with Crippen LogP contribution in [-0.4, -0.2) is 49.6 Å². The topological polar surface area (TPSA) is 73.5 Å². The van der Waals surface area contributed by atoms with Crippen LogP contribution in [-0.2, 0) is 4.79 Å². The van der Waals surface area contributed by atoms with Crippen LogP contribution < -0.4 is 16.0 Å². The molecule has 3 amide bonds. The van der Waals surface area contributed by atoms with Gasteiger partial charge in [-0.1, -0.05) is 25.1 Å². The van der Waals surface area contributed by atoms with Crippen molar-refractivity contribution in [3.05, 3.63) is 30.3 Å². The Morgan fingerprint density at radius 1 is 1.16 bits per heavy atom. The number of nitrogens with zero attached hydrogens (tertiary/aromatic N) is 1. The fourth-order valence-corrected chi connectivity index (χ4v) is 2.82. The zero-order chi connectivity index (χ0) is 17.2. The Bertz CT molecular complexity index is 527. The second-order valence-corrected chi connectivity index (χ2v) is 6.12. The van der Waals surface area contributed by atoms with E-state index < -0.39 is 0 Å². The summed E-state index contributed by atoms with van der Waals surface area (Å²) in [5.41, 5.74) is 0.774. The number of urea groups is 1. The molecule has 1 fully saturated rings. The number of carbonyl (C=O) groups excluding carboxylic acids is 2. The maximum absolute atomic E-state index is 12.3. The number of nitrogens with one attached hydrogen (secondary N) is 3. The highest BCUT2D eigenvalue weighted by Gasteiger charge is 2.28. The number of amides is 3. The van der Waals surface area contributed by atoms with Crippen molar-refractivity contribution in [1.82, 2.24) is 15.5 Å². The third kappa shape index (κ3) is 7.32. The van der Waals surface area contributed by atoms with Gasteiger partial charge in [-0.05, 0) is 37.9 Å². The van der Waals surface area contributed by atoms with Crippen LogP contribution in [0, 0.1) is 5.92 Å². The molecule has 0 saturated carbocycles. The van der Waals surface area contributed by atoms with Crippen molar-refractivity contribution >= 4 is 30.0 Å². The zero-order valence-corrected chi connectivity index (χ0v) is 15.6. The Kier molecular flexibility index (Phi) is 9.96. The van der Waals surface area contributed by atoms with Crippen molar-refractivity contribution in [3.63, 3.8) is 0 Å². The van der Waals surface area contributed by atoms with E-state index in [0.717, 1.165) is 38.0 Å². The molecule has 1 aromatic carbocycles. The van der Waals surface area contributed by atoms with Gasteiger partial charge in [0, 0.05) is 31.9 Å². The van der Waals surface area contributed by atoms with E-state index in [0.29, 0.717) is 19.6 Å². The number of rotatable bonds is 7. The number of carbonyl (C=O) groups is 2. The standard InChI is InChI=1S/C18H28N4O2.ClH/c1-2-10-19-11-12-20-17(23)15-7-6-13-22(14-15)18(24)21-16-8-4-3-5-9-16;/h3-5,8-9,15,19H,2,6-7,10-14H2,1H3,(H,20,23)(H,21,24);1H. The average Bonchev–Trinajstić information content (AvgIpc) is 2.62. The lowest BCUT2D eigenvalue weighted by atomic mass is 9.97. The van der Waals surface area contributed by atoms with Gasteiger partial charge < -0.3 is 20.9 Å². The summed E-state index contributed by atoms with van der Waals surface area (Å²) >= 11 is 0. The molecule has 1 unspecified atom stereocenters. The molecular formula is C18H29ClN4O2. The normalized spacial score (nSPS) is 16.7. The van der Waals surface area contributed by atoms with Gasteiger partial charge in [0.2, 0.25) is 5.91 Å². The molecule has 0 spiro atoms. The summed E-state index contributed by atoms with van der Waals surface area (Å²) in [4.78, 5) is 26.3. The van der Waals surface area contributed by atoms with Crippen molar-refractivity contribution < 1.29 is 9.59 Å². The SMILES string of the molecule is CCCNCCNC(=O)C1CCCN(C(=O)Nc2ccccc2)C1.Cl. The maximum atomic E-state index is 12.3. The molecule has 0 aromatic heterocycles. The second kappa shape index (κ2) is 11.7. The van der Waals surface area contributed by atoms with Crippen molar-refractivity contribution in [2.75, 3.05) is 38.0 Å². The molecular weight excluding hydrogens is 340 g/mol. The molecule has 25 heavy (non-hydrogen) atoms. The Morgan fingerprint density at radius 3 is 2.64 bits per heavy atom. The van der Waals surface area contributed by atoms with Crippen molar-refractivity contribution in [3.8, 4) is 0 Å². The van der Waals surface area contributed by atoms with Crippen molar-refractivity contribution in [1.29, 1.82) is 0 Å². The number of likely N-dealkylation sites (tertiary alicyclic amines) is 1. The summed E-state index contributed by atoms with van der Waals surface area (Å²) in [6.45, 7) is 5.67. The van der Waals surface area contributed by atoms with Gasteiger partial charge >= 0.3 is 6.03 Å². The first kappa shape index (κ1) is 21.3. The predicted molar refractivity (Wildman–Crippen MR) is 103 cm³/mol. The third-order valence-corrected chi connectivity index (χ3v) is 4.13. The fraction of sp³-hybridized carbons (Fsp3) is 0.556. The van der Waals surface area contributed by atoms with Crippen LogP contribution in [0.5, 0.6) is 0 Å². The van der Waals surface area contributed by atoms with Crippen LogP contribution in [0.15, 0.2) is 30.3 Å². The first-order valence-corrected chi connectivity index (χ1v) is 8.80. The molecule has 1 aliphatic heterocycles. The maximum Gasteiger partial charge on any atom is 0.321 e. The minimum atomic E-state index is -0.136. The fourth-order valence-electron chi connectivity index (χ4n) is 2.82. The lowest BCUT2D eigenvalue weighted by molar-refractivity contribution is -0.126. The molecule has 1 aliphatic rings. The first-order valence-electron chi connectivity index (χ1n) is 8.80.